The van der Waals surface area contributed by atoms with Gasteiger partial charge >= 0.3 is 6.09 Å². The van der Waals surface area contributed by atoms with Gasteiger partial charge in [0.15, 0.2) is 0 Å². The molecule has 30 heavy (non-hydrogen) atoms. The molecule has 10 nitrogen and oxygen atoms in total. The van der Waals surface area contributed by atoms with E-state index < -0.39 is 16.1 Å². The van der Waals surface area contributed by atoms with Gasteiger partial charge in [-0.05, 0) is 31.9 Å². The van der Waals surface area contributed by atoms with Crippen molar-refractivity contribution < 1.29 is 22.7 Å². The summed E-state index contributed by atoms with van der Waals surface area (Å²) in [6.07, 6.45) is 0.699. The first-order chi connectivity index (χ1) is 14.4. The minimum absolute atomic E-state index is 0.0839. The molecule has 12 heteroatoms. The minimum atomic E-state index is -3.89. The number of carbonyl (C=O) groups excluding carboxylic acids is 2. The van der Waals surface area contributed by atoms with E-state index in [0.717, 1.165) is 11.7 Å². The van der Waals surface area contributed by atoms with Crippen molar-refractivity contribution >= 4 is 44.8 Å². The third-order valence-corrected chi connectivity index (χ3v) is 7.92. The highest BCUT2D eigenvalue weighted by molar-refractivity contribution is 7.89. The standard InChI is InChI=1S/C18H23N5O5S2/c1-2-28-18(25)22-11-9-21(10-12-22)17(24)14-6-4-8-23(14)30(26,27)15-7-3-5-13-16(15)20-29-19-13/h3,5,7,14H,2,4,6,8-12H2,1H3/t14-/m1/s1. The van der Waals surface area contributed by atoms with Gasteiger partial charge in [-0.25, -0.2) is 13.2 Å². The van der Waals surface area contributed by atoms with Gasteiger partial charge in [-0.3, -0.25) is 4.79 Å². The quantitative estimate of drug-likeness (QED) is 0.682. The topological polar surface area (TPSA) is 113 Å². The Morgan fingerprint density at radius 1 is 1.13 bits per heavy atom. The van der Waals surface area contributed by atoms with Crippen molar-refractivity contribution in [3.63, 3.8) is 0 Å². The fourth-order valence-electron chi connectivity index (χ4n) is 3.93. The maximum atomic E-state index is 13.4. The molecule has 4 rings (SSSR count). The number of fused-ring (bicyclic) bond motifs is 1. The number of sulfonamides is 1. The molecule has 162 valence electrons. The highest BCUT2D eigenvalue weighted by Gasteiger charge is 2.42. The SMILES string of the molecule is CCOC(=O)N1CCN(C(=O)[C@H]2CCCN2S(=O)(=O)c2cccc3nsnc23)CC1. The van der Waals surface area contributed by atoms with Gasteiger partial charge in [-0.1, -0.05) is 6.07 Å². The number of benzene rings is 1. The van der Waals surface area contributed by atoms with Crippen LogP contribution in [-0.2, 0) is 19.6 Å². The fourth-order valence-corrected chi connectivity index (χ4v) is 6.33. The van der Waals surface area contributed by atoms with Crippen molar-refractivity contribution in [2.24, 2.45) is 0 Å². The van der Waals surface area contributed by atoms with Gasteiger partial charge < -0.3 is 14.5 Å². The van der Waals surface area contributed by atoms with Crippen LogP contribution in [0, 0.1) is 0 Å². The van der Waals surface area contributed by atoms with Gasteiger partial charge in [0.05, 0.1) is 18.3 Å². The predicted molar refractivity (Wildman–Crippen MR) is 110 cm³/mol. The monoisotopic (exact) mass is 453 g/mol. The zero-order valence-electron chi connectivity index (χ0n) is 16.6. The van der Waals surface area contributed by atoms with Gasteiger partial charge in [0, 0.05) is 32.7 Å². The second-order valence-corrected chi connectivity index (χ2v) is 9.56. The van der Waals surface area contributed by atoms with E-state index in [4.69, 9.17) is 4.74 Å². The van der Waals surface area contributed by atoms with E-state index in [2.05, 4.69) is 8.75 Å². The van der Waals surface area contributed by atoms with Crippen LogP contribution in [0.1, 0.15) is 19.8 Å². The van der Waals surface area contributed by atoms with E-state index in [1.165, 1.54) is 10.4 Å². The highest BCUT2D eigenvalue weighted by atomic mass is 32.2. The molecule has 1 aromatic heterocycles. The van der Waals surface area contributed by atoms with E-state index in [1.807, 2.05) is 0 Å². The lowest BCUT2D eigenvalue weighted by molar-refractivity contribution is -0.136. The zero-order chi connectivity index (χ0) is 21.3. The van der Waals surface area contributed by atoms with E-state index >= 15 is 0 Å². The van der Waals surface area contributed by atoms with E-state index in [0.29, 0.717) is 56.7 Å². The molecule has 0 N–H and O–H groups in total. The van der Waals surface area contributed by atoms with Crippen molar-refractivity contribution in [1.29, 1.82) is 0 Å². The molecule has 2 saturated heterocycles. The minimum Gasteiger partial charge on any atom is -0.450 e. The molecule has 2 aromatic rings. The normalized spacial score (nSPS) is 20.6. The fraction of sp³-hybridized carbons (Fsp3) is 0.556. The lowest BCUT2D eigenvalue weighted by Gasteiger charge is -2.36. The summed E-state index contributed by atoms with van der Waals surface area (Å²) in [6, 6.07) is 4.12. The lowest BCUT2D eigenvalue weighted by Crippen LogP contribution is -2.55. The molecule has 0 spiro atoms. The summed E-state index contributed by atoms with van der Waals surface area (Å²) in [5.74, 6) is -0.219. The average Bonchev–Trinajstić information content (AvgIpc) is 3.43. The molecule has 0 radical (unpaired) electrons. The van der Waals surface area contributed by atoms with Crippen LogP contribution in [0.4, 0.5) is 4.79 Å². The Morgan fingerprint density at radius 3 is 2.60 bits per heavy atom. The number of ether oxygens (including phenoxy) is 1. The molecule has 0 bridgehead atoms. The number of rotatable bonds is 4. The van der Waals surface area contributed by atoms with Crippen molar-refractivity contribution in [1.82, 2.24) is 22.9 Å². The zero-order valence-corrected chi connectivity index (χ0v) is 18.2. The molecular weight excluding hydrogens is 430 g/mol. The second-order valence-electron chi connectivity index (χ2n) is 7.17. The van der Waals surface area contributed by atoms with E-state index in [1.54, 1.807) is 28.9 Å². The third kappa shape index (κ3) is 3.74. The molecule has 0 saturated carbocycles. The van der Waals surface area contributed by atoms with Crippen molar-refractivity contribution in [3.05, 3.63) is 18.2 Å². The van der Waals surface area contributed by atoms with E-state index in [9.17, 15) is 18.0 Å². The Kier molecular flexibility index (Phi) is 5.89. The van der Waals surface area contributed by atoms with E-state index in [-0.39, 0.29) is 23.4 Å². The van der Waals surface area contributed by atoms with Crippen LogP contribution in [0.3, 0.4) is 0 Å². The second kappa shape index (κ2) is 8.44. The molecule has 2 fully saturated rings. The Hall–Kier alpha value is -2.31. The number of hydrogen-bond donors (Lipinski definition) is 0. The molecule has 2 aliphatic rings. The summed E-state index contributed by atoms with van der Waals surface area (Å²) in [7, 11) is -3.89. The Bertz CT molecular complexity index is 1050. The molecule has 0 unspecified atom stereocenters. The van der Waals surface area contributed by atoms with Gasteiger partial charge in [-0.2, -0.15) is 13.1 Å². The number of carbonyl (C=O) groups is 2. The summed E-state index contributed by atoms with van der Waals surface area (Å²) in [5, 5.41) is 0. The molecular formula is C18H23N5O5S2. The van der Waals surface area contributed by atoms with Gasteiger partial charge in [0.2, 0.25) is 15.9 Å². The Balaban J connectivity index is 1.50. The van der Waals surface area contributed by atoms with Crippen molar-refractivity contribution in [2.45, 2.75) is 30.7 Å². The third-order valence-electron chi connectivity index (χ3n) is 5.44. The molecule has 0 aliphatic carbocycles. The molecule has 2 aliphatic heterocycles. The smallest absolute Gasteiger partial charge is 0.409 e. The van der Waals surface area contributed by atoms with Crippen LogP contribution >= 0.6 is 11.7 Å². The van der Waals surface area contributed by atoms with Crippen LogP contribution < -0.4 is 0 Å². The van der Waals surface area contributed by atoms with Crippen LogP contribution in [0.2, 0.25) is 0 Å². The number of amides is 2. The molecule has 2 amide bonds. The van der Waals surface area contributed by atoms with Crippen LogP contribution in [0.25, 0.3) is 11.0 Å². The van der Waals surface area contributed by atoms with Gasteiger partial charge in [0.25, 0.3) is 0 Å². The maximum Gasteiger partial charge on any atom is 0.409 e. The van der Waals surface area contributed by atoms with Gasteiger partial charge in [0.1, 0.15) is 22.0 Å². The van der Waals surface area contributed by atoms with Crippen molar-refractivity contribution in [2.75, 3.05) is 39.3 Å². The van der Waals surface area contributed by atoms with Crippen molar-refractivity contribution in [3.8, 4) is 0 Å². The highest BCUT2D eigenvalue weighted by Crippen LogP contribution is 2.30. The number of hydrogen-bond acceptors (Lipinski definition) is 8. The molecule has 3 heterocycles. The largest absolute Gasteiger partial charge is 0.450 e. The summed E-state index contributed by atoms with van der Waals surface area (Å²) < 4.78 is 41.3. The Labute approximate surface area is 178 Å². The first kappa shape index (κ1) is 20.9. The number of nitrogens with zero attached hydrogens (tertiary/aromatic N) is 5. The summed E-state index contributed by atoms with van der Waals surface area (Å²) in [5.41, 5.74) is 0.863. The first-order valence-electron chi connectivity index (χ1n) is 9.87. The maximum absolute atomic E-state index is 13.4. The summed E-state index contributed by atoms with van der Waals surface area (Å²) in [6.45, 7) is 3.78. The van der Waals surface area contributed by atoms with Crippen LogP contribution in [0.5, 0.6) is 0 Å². The number of piperazine rings is 1. The average molecular weight is 454 g/mol. The van der Waals surface area contributed by atoms with Crippen LogP contribution in [-0.4, -0.2) is 88.6 Å². The Morgan fingerprint density at radius 2 is 1.87 bits per heavy atom. The van der Waals surface area contributed by atoms with Gasteiger partial charge in [-0.15, -0.1) is 0 Å². The molecule has 1 atom stereocenters. The molecule has 1 aromatic carbocycles. The number of aromatic nitrogens is 2. The predicted octanol–water partition coefficient (Wildman–Crippen LogP) is 1.15. The first-order valence-corrected chi connectivity index (χ1v) is 12.0. The van der Waals surface area contributed by atoms with Crippen LogP contribution in [0.15, 0.2) is 23.1 Å². The summed E-state index contributed by atoms with van der Waals surface area (Å²) >= 11 is 0.961. The lowest BCUT2D eigenvalue weighted by atomic mass is 10.2. The summed E-state index contributed by atoms with van der Waals surface area (Å²) in [4.78, 5) is 28.3.